The van der Waals surface area contributed by atoms with Crippen molar-refractivity contribution in [1.29, 1.82) is 0 Å². The van der Waals surface area contributed by atoms with Crippen LogP contribution in [0.15, 0.2) is 22.6 Å². The van der Waals surface area contributed by atoms with E-state index in [2.05, 4.69) is 20.4 Å². The molecule has 7 nitrogen and oxygen atoms in total. The minimum absolute atomic E-state index is 0.00451. The van der Waals surface area contributed by atoms with Gasteiger partial charge in [-0.15, -0.1) is 0 Å². The zero-order valence-corrected chi connectivity index (χ0v) is 15.5. The van der Waals surface area contributed by atoms with E-state index in [1.54, 1.807) is 18.2 Å². The van der Waals surface area contributed by atoms with Crippen LogP contribution in [0.5, 0.6) is 0 Å². The zero-order chi connectivity index (χ0) is 18.8. The van der Waals surface area contributed by atoms with Gasteiger partial charge >= 0.3 is 11.9 Å². The molecule has 1 aromatic carbocycles. The number of ether oxygens (including phenoxy) is 1. The largest absolute Gasteiger partial charge is 0.462 e. The second-order valence-corrected chi connectivity index (χ2v) is 7.46. The highest BCUT2D eigenvalue weighted by atomic mass is 16.5. The van der Waals surface area contributed by atoms with Gasteiger partial charge in [0.2, 0.25) is 5.91 Å². The number of oxazole rings is 1. The second-order valence-electron chi connectivity index (χ2n) is 7.46. The topological polar surface area (TPSA) is 93.5 Å². The molecule has 1 amide bonds. The Balaban J connectivity index is 1.47. The maximum Gasteiger partial charge on any atom is 0.394 e. The van der Waals surface area contributed by atoms with Gasteiger partial charge in [-0.3, -0.25) is 4.79 Å². The van der Waals surface area contributed by atoms with Gasteiger partial charge in [0.1, 0.15) is 5.52 Å². The van der Waals surface area contributed by atoms with Crippen molar-refractivity contribution in [2.45, 2.75) is 44.6 Å². The number of fused-ring (bicyclic) bond motifs is 1. The van der Waals surface area contributed by atoms with E-state index in [4.69, 9.17) is 4.42 Å². The van der Waals surface area contributed by atoms with Crippen LogP contribution in [-0.4, -0.2) is 36.6 Å². The van der Waals surface area contributed by atoms with E-state index < -0.39 is 5.97 Å². The first-order chi connectivity index (χ1) is 13.2. The first kappa shape index (κ1) is 18.0. The fourth-order valence-corrected chi connectivity index (χ4v) is 4.48. The molecule has 144 valence electrons. The molecule has 1 saturated carbocycles. The number of hydrogen-bond acceptors (Lipinski definition) is 6. The van der Waals surface area contributed by atoms with Gasteiger partial charge in [-0.1, -0.05) is 32.1 Å². The Labute approximate surface area is 157 Å². The molecule has 1 aliphatic carbocycles. The van der Waals surface area contributed by atoms with Crippen LogP contribution < -0.4 is 10.6 Å². The van der Waals surface area contributed by atoms with Crippen LogP contribution in [-0.2, 0) is 9.53 Å². The summed E-state index contributed by atoms with van der Waals surface area (Å²) < 4.78 is 10.1. The molecule has 27 heavy (non-hydrogen) atoms. The molecule has 0 bridgehead atoms. The summed E-state index contributed by atoms with van der Waals surface area (Å²) >= 11 is 0. The summed E-state index contributed by atoms with van der Waals surface area (Å²) in [6, 6.07) is 5.04. The third kappa shape index (κ3) is 3.69. The van der Waals surface area contributed by atoms with Crippen molar-refractivity contribution in [3.8, 4) is 0 Å². The van der Waals surface area contributed by atoms with Crippen LogP contribution in [0.1, 0.15) is 49.2 Å². The molecular weight excluding hydrogens is 346 g/mol. The van der Waals surface area contributed by atoms with Crippen molar-refractivity contribution < 1.29 is 18.7 Å². The van der Waals surface area contributed by atoms with E-state index in [1.807, 2.05) is 0 Å². The number of nitrogens with one attached hydrogen (secondary N) is 2. The molecule has 2 aliphatic rings. The van der Waals surface area contributed by atoms with E-state index >= 15 is 0 Å². The Morgan fingerprint density at radius 2 is 2.04 bits per heavy atom. The number of benzene rings is 1. The lowest BCUT2D eigenvalue weighted by molar-refractivity contribution is -0.119. The lowest BCUT2D eigenvalue weighted by Crippen LogP contribution is -2.42. The molecule has 1 aromatic heterocycles. The minimum atomic E-state index is -0.623. The monoisotopic (exact) mass is 371 g/mol. The highest BCUT2D eigenvalue weighted by Crippen LogP contribution is 2.36. The second kappa shape index (κ2) is 7.68. The fourth-order valence-electron chi connectivity index (χ4n) is 4.48. The van der Waals surface area contributed by atoms with E-state index in [0.29, 0.717) is 28.6 Å². The van der Waals surface area contributed by atoms with Crippen LogP contribution in [0.25, 0.3) is 11.1 Å². The first-order valence-corrected chi connectivity index (χ1v) is 9.69. The predicted octanol–water partition coefficient (Wildman–Crippen LogP) is 3.11. The van der Waals surface area contributed by atoms with Crippen LogP contribution in [0.4, 0.5) is 5.69 Å². The maximum atomic E-state index is 12.9. The Morgan fingerprint density at radius 1 is 1.22 bits per heavy atom. The van der Waals surface area contributed by atoms with Gasteiger partial charge in [-0.05, 0) is 36.9 Å². The Kier molecular flexibility index (Phi) is 5.11. The number of anilines is 1. The summed E-state index contributed by atoms with van der Waals surface area (Å²) in [6.45, 7) is 0.892. The van der Waals surface area contributed by atoms with Gasteiger partial charge in [0.25, 0.3) is 0 Å². The third-order valence-corrected chi connectivity index (χ3v) is 5.82. The summed E-state index contributed by atoms with van der Waals surface area (Å²) in [5.41, 5.74) is 1.63. The Morgan fingerprint density at radius 3 is 2.81 bits per heavy atom. The maximum absolute atomic E-state index is 12.9. The van der Waals surface area contributed by atoms with Crippen molar-refractivity contribution in [2.24, 2.45) is 11.8 Å². The van der Waals surface area contributed by atoms with Crippen LogP contribution >= 0.6 is 0 Å². The van der Waals surface area contributed by atoms with Crippen molar-refractivity contribution >= 4 is 28.7 Å². The number of esters is 1. The molecule has 1 saturated heterocycles. The van der Waals surface area contributed by atoms with Crippen LogP contribution in [0.2, 0.25) is 0 Å². The van der Waals surface area contributed by atoms with Gasteiger partial charge in [0.15, 0.2) is 5.58 Å². The fraction of sp³-hybridized carbons (Fsp3) is 0.550. The zero-order valence-electron chi connectivity index (χ0n) is 15.5. The molecule has 2 fully saturated rings. The standard InChI is InChI=1S/C20H25N3O4/c1-26-20(25)19-23-15-8-7-13(11-16(15)27-19)22-18(24)17-14(9-10-21-17)12-5-3-2-4-6-12/h7-8,11-12,14,17,21H,2-6,9-10H2,1H3,(H,22,24). The van der Waals surface area contributed by atoms with Gasteiger partial charge < -0.3 is 19.8 Å². The smallest absolute Gasteiger partial charge is 0.394 e. The van der Waals surface area contributed by atoms with Crippen molar-refractivity contribution in [3.63, 3.8) is 0 Å². The molecule has 7 heteroatoms. The molecule has 1 aliphatic heterocycles. The molecular formula is C20H25N3O4. The highest BCUT2D eigenvalue weighted by molar-refractivity contribution is 5.97. The number of amides is 1. The predicted molar refractivity (Wildman–Crippen MR) is 100 cm³/mol. The molecule has 2 aromatic rings. The quantitative estimate of drug-likeness (QED) is 0.802. The average Bonchev–Trinajstić information content (AvgIpc) is 3.34. The number of hydrogen-bond donors (Lipinski definition) is 2. The van der Waals surface area contributed by atoms with E-state index in [9.17, 15) is 9.59 Å². The summed E-state index contributed by atoms with van der Waals surface area (Å²) in [6.07, 6.45) is 7.40. The van der Waals surface area contributed by atoms with E-state index in [1.165, 1.54) is 39.2 Å². The van der Waals surface area contributed by atoms with Gasteiger partial charge in [-0.25, -0.2) is 9.78 Å². The average molecular weight is 371 g/mol. The summed E-state index contributed by atoms with van der Waals surface area (Å²) in [5.74, 6) is 0.331. The summed E-state index contributed by atoms with van der Waals surface area (Å²) in [7, 11) is 1.28. The normalized spacial score (nSPS) is 23.4. The number of carbonyl (C=O) groups is 2. The minimum Gasteiger partial charge on any atom is -0.462 e. The first-order valence-electron chi connectivity index (χ1n) is 9.69. The van der Waals surface area contributed by atoms with E-state index in [-0.39, 0.29) is 17.8 Å². The van der Waals surface area contributed by atoms with Crippen molar-refractivity contribution in [2.75, 3.05) is 19.0 Å². The summed E-state index contributed by atoms with van der Waals surface area (Å²) in [4.78, 5) is 28.5. The van der Waals surface area contributed by atoms with E-state index in [0.717, 1.165) is 13.0 Å². The molecule has 0 spiro atoms. The van der Waals surface area contributed by atoms with Gasteiger partial charge in [0.05, 0.1) is 13.2 Å². The SMILES string of the molecule is COC(=O)c1nc2ccc(NC(=O)C3NCCC3C3CCCCC3)cc2o1. The highest BCUT2D eigenvalue weighted by Gasteiger charge is 2.38. The Bertz CT molecular complexity index is 841. The van der Waals surface area contributed by atoms with Crippen molar-refractivity contribution in [3.05, 3.63) is 24.1 Å². The van der Waals surface area contributed by atoms with Gasteiger partial charge in [0, 0.05) is 11.8 Å². The Hall–Kier alpha value is -2.41. The number of nitrogens with zero attached hydrogens (tertiary/aromatic N) is 1. The van der Waals surface area contributed by atoms with Crippen LogP contribution in [0.3, 0.4) is 0 Å². The third-order valence-electron chi connectivity index (χ3n) is 5.82. The number of carbonyl (C=O) groups excluding carboxylic acids is 2. The number of rotatable bonds is 4. The molecule has 0 radical (unpaired) electrons. The molecule has 2 atom stereocenters. The molecule has 4 rings (SSSR count). The lowest BCUT2D eigenvalue weighted by atomic mass is 9.76. The van der Waals surface area contributed by atoms with Crippen molar-refractivity contribution in [1.82, 2.24) is 10.3 Å². The van der Waals surface area contributed by atoms with Gasteiger partial charge in [-0.2, -0.15) is 0 Å². The van der Waals surface area contributed by atoms with Crippen LogP contribution in [0, 0.1) is 11.8 Å². The molecule has 2 N–H and O–H groups in total. The lowest BCUT2D eigenvalue weighted by Gasteiger charge is -2.30. The summed E-state index contributed by atoms with van der Waals surface area (Å²) in [5, 5.41) is 6.37. The molecule has 2 heterocycles. The molecule has 2 unspecified atom stereocenters. The number of aromatic nitrogens is 1. The number of methoxy groups -OCH3 is 1.